The Hall–Kier alpha value is -0.530. The summed E-state index contributed by atoms with van der Waals surface area (Å²) in [5.41, 5.74) is 0.641. The Balaban J connectivity index is 2.34. The summed E-state index contributed by atoms with van der Waals surface area (Å²) in [6, 6.07) is 5.08. The Bertz CT molecular complexity index is 452. The molecule has 0 radical (unpaired) electrons. The quantitative estimate of drug-likeness (QED) is 0.691. The van der Waals surface area contributed by atoms with Crippen LogP contribution >= 0.6 is 23.2 Å². The molecule has 0 saturated heterocycles. The van der Waals surface area contributed by atoms with E-state index in [0.29, 0.717) is 15.6 Å². The molecule has 0 aromatic heterocycles. The first-order valence-electron chi connectivity index (χ1n) is 5.91. The van der Waals surface area contributed by atoms with Gasteiger partial charge in [-0.2, -0.15) is 0 Å². The zero-order valence-corrected chi connectivity index (χ0v) is 11.6. The van der Waals surface area contributed by atoms with Gasteiger partial charge in [-0.25, -0.2) is 0 Å². The molecule has 1 aliphatic rings. The summed E-state index contributed by atoms with van der Waals surface area (Å²) in [6.07, 6.45) is 3.16. The third-order valence-electron chi connectivity index (χ3n) is 3.77. The van der Waals surface area contributed by atoms with Gasteiger partial charge in [0, 0.05) is 16.5 Å². The normalized spacial score (nSPS) is 22.7. The van der Waals surface area contributed by atoms with Gasteiger partial charge in [-0.1, -0.05) is 43.5 Å². The van der Waals surface area contributed by atoms with Crippen LogP contribution in [-0.2, 0) is 0 Å². The van der Waals surface area contributed by atoms with Crippen molar-refractivity contribution in [2.24, 2.45) is 11.3 Å². The number of Topliss-reactive ketones (excluding diaryl/α,β-unsaturated/α-hetero) is 1. The van der Waals surface area contributed by atoms with Gasteiger partial charge in [0.15, 0.2) is 5.78 Å². The van der Waals surface area contributed by atoms with Crippen LogP contribution in [0.1, 0.15) is 43.5 Å². The number of hydrogen-bond donors (Lipinski definition) is 0. The first-order valence-corrected chi connectivity index (χ1v) is 6.67. The second-order valence-electron chi connectivity index (χ2n) is 5.42. The molecule has 0 spiro atoms. The smallest absolute Gasteiger partial charge is 0.168 e. The van der Waals surface area contributed by atoms with Crippen molar-refractivity contribution in [3.63, 3.8) is 0 Å². The van der Waals surface area contributed by atoms with Crippen LogP contribution in [0.25, 0.3) is 0 Å². The van der Waals surface area contributed by atoms with Gasteiger partial charge in [0.05, 0.1) is 5.02 Å². The number of hydrogen-bond acceptors (Lipinski definition) is 1. The van der Waals surface area contributed by atoms with E-state index in [4.69, 9.17) is 23.2 Å². The van der Waals surface area contributed by atoms with E-state index in [1.54, 1.807) is 18.2 Å². The Kier molecular flexibility index (Phi) is 3.51. The van der Waals surface area contributed by atoms with Crippen molar-refractivity contribution >= 4 is 29.0 Å². The van der Waals surface area contributed by atoms with Crippen molar-refractivity contribution in [3.05, 3.63) is 33.8 Å². The van der Waals surface area contributed by atoms with Crippen molar-refractivity contribution in [1.29, 1.82) is 0 Å². The molecule has 1 nitrogen and oxygen atoms in total. The lowest BCUT2D eigenvalue weighted by molar-refractivity contribution is 0.0839. The Labute approximate surface area is 112 Å². The fraction of sp³-hybridized carbons (Fsp3) is 0.500. The maximum atomic E-state index is 12.5. The van der Waals surface area contributed by atoms with Crippen LogP contribution in [0.4, 0.5) is 0 Å². The van der Waals surface area contributed by atoms with Gasteiger partial charge in [0.25, 0.3) is 0 Å². The lowest BCUT2D eigenvalue weighted by Crippen LogP contribution is -2.26. The van der Waals surface area contributed by atoms with Gasteiger partial charge >= 0.3 is 0 Å². The molecule has 0 aliphatic heterocycles. The van der Waals surface area contributed by atoms with Gasteiger partial charge < -0.3 is 0 Å². The van der Waals surface area contributed by atoms with Crippen molar-refractivity contribution in [2.75, 3.05) is 0 Å². The highest BCUT2D eigenvalue weighted by atomic mass is 35.5. The van der Waals surface area contributed by atoms with Crippen molar-refractivity contribution in [2.45, 2.75) is 33.1 Å². The van der Waals surface area contributed by atoms with E-state index in [0.717, 1.165) is 19.3 Å². The first kappa shape index (κ1) is 12.9. The van der Waals surface area contributed by atoms with Crippen LogP contribution in [-0.4, -0.2) is 5.78 Å². The fourth-order valence-electron chi connectivity index (χ4n) is 2.69. The molecule has 1 saturated carbocycles. The topological polar surface area (TPSA) is 17.1 Å². The van der Waals surface area contributed by atoms with Crippen molar-refractivity contribution < 1.29 is 4.79 Å². The molecular weight excluding hydrogens is 255 g/mol. The first-order chi connectivity index (χ1) is 7.92. The molecule has 1 aliphatic carbocycles. The number of carbonyl (C=O) groups is 1. The molecule has 3 heteroatoms. The maximum Gasteiger partial charge on any atom is 0.168 e. The van der Waals surface area contributed by atoms with Crippen LogP contribution in [0.5, 0.6) is 0 Å². The lowest BCUT2D eigenvalue weighted by atomic mass is 9.78. The highest BCUT2D eigenvalue weighted by Gasteiger charge is 2.39. The average Bonchev–Trinajstić information content (AvgIpc) is 2.61. The highest BCUT2D eigenvalue weighted by Crippen LogP contribution is 2.44. The van der Waals surface area contributed by atoms with Crippen LogP contribution in [0.3, 0.4) is 0 Å². The zero-order valence-electron chi connectivity index (χ0n) is 10.1. The summed E-state index contributed by atoms with van der Waals surface area (Å²) in [5, 5.41) is 1.07. The van der Waals surface area contributed by atoms with E-state index >= 15 is 0 Å². The number of halogens is 2. The minimum atomic E-state index is 0.0680. The summed E-state index contributed by atoms with van der Waals surface area (Å²) < 4.78 is 0. The minimum Gasteiger partial charge on any atom is -0.294 e. The second kappa shape index (κ2) is 4.62. The van der Waals surface area contributed by atoms with Gasteiger partial charge in [0.2, 0.25) is 0 Å². The molecule has 92 valence electrons. The third kappa shape index (κ3) is 2.51. The van der Waals surface area contributed by atoms with E-state index < -0.39 is 0 Å². The maximum absolute atomic E-state index is 12.5. The predicted molar refractivity (Wildman–Crippen MR) is 71.9 cm³/mol. The molecule has 2 rings (SSSR count). The van der Waals surface area contributed by atoms with Crippen molar-refractivity contribution in [1.82, 2.24) is 0 Å². The standard InChI is InChI=1S/C14H16Cl2O/c1-14(2)7-3-4-11(14)13(17)10-8-9(15)5-6-12(10)16/h5-6,8,11H,3-4,7H2,1-2H3. The molecule has 0 amide bonds. The Morgan fingerprint density at radius 3 is 2.65 bits per heavy atom. The molecule has 1 unspecified atom stereocenters. The molecular formula is C14H16Cl2O. The fourth-order valence-corrected chi connectivity index (χ4v) is 3.07. The third-order valence-corrected chi connectivity index (χ3v) is 4.33. The van der Waals surface area contributed by atoms with Gasteiger partial charge in [-0.15, -0.1) is 0 Å². The molecule has 0 N–H and O–H groups in total. The molecule has 0 bridgehead atoms. The molecule has 17 heavy (non-hydrogen) atoms. The molecule has 1 atom stereocenters. The summed E-state index contributed by atoms with van der Waals surface area (Å²) in [7, 11) is 0. The summed E-state index contributed by atoms with van der Waals surface area (Å²) in [4.78, 5) is 12.5. The van der Waals surface area contributed by atoms with E-state index in [9.17, 15) is 4.79 Å². The molecule has 0 heterocycles. The van der Waals surface area contributed by atoms with Crippen LogP contribution in [0, 0.1) is 11.3 Å². The second-order valence-corrected chi connectivity index (χ2v) is 6.27. The highest BCUT2D eigenvalue weighted by molar-refractivity contribution is 6.36. The molecule has 1 aromatic rings. The molecule has 1 aromatic carbocycles. The number of carbonyl (C=O) groups excluding carboxylic acids is 1. The Morgan fingerprint density at radius 2 is 2.06 bits per heavy atom. The van der Waals surface area contributed by atoms with Gasteiger partial charge in [-0.05, 0) is 36.5 Å². The largest absolute Gasteiger partial charge is 0.294 e. The lowest BCUT2D eigenvalue weighted by Gasteiger charge is -2.26. The predicted octanol–water partition coefficient (Wildman–Crippen LogP) is 5.00. The molecule has 1 fully saturated rings. The van der Waals surface area contributed by atoms with Crippen molar-refractivity contribution in [3.8, 4) is 0 Å². The van der Waals surface area contributed by atoms with E-state index in [2.05, 4.69) is 13.8 Å². The summed E-state index contributed by atoms with van der Waals surface area (Å²) in [6.45, 7) is 4.31. The number of ketones is 1. The number of rotatable bonds is 2. The van der Waals surface area contributed by atoms with Crippen LogP contribution < -0.4 is 0 Å². The van der Waals surface area contributed by atoms with Crippen LogP contribution in [0.2, 0.25) is 10.0 Å². The minimum absolute atomic E-state index is 0.0680. The SMILES string of the molecule is CC1(C)CCCC1C(=O)c1cc(Cl)ccc1Cl. The van der Waals surface area contributed by atoms with E-state index in [1.807, 2.05) is 0 Å². The van der Waals surface area contributed by atoms with E-state index in [1.165, 1.54) is 0 Å². The summed E-state index contributed by atoms with van der Waals surface area (Å²) >= 11 is 12.0. The van der Waals surface area contributed by atoms with Gasteiger partial charge in [-0.3, -0.25) is 4.79 Å². The average molecular weight is 271 g/mol. The van der Waals surface area contributed by atoms with E-state index in [-0.39, 0.29) is 17.1 Å². The summed E-state index contributed by atoms with van der Waals surface area (Å²) in [5.74, 6) is 0.207. The van der Waals surface area contributed by atoms with Gasteiger partial charge in [0.1, 0.15) is 0 Å². The zero-order chi connectivity index (χ0) is 12.6. The number of benzene rings is 1. The van der Waals surface area contributed by atoms with Crippen LogP contribution in [0.15, 0.2) is 18.2 Å². The monoisotopic (exact) mass is 270 g/mol. The Morgan fingerprint density at radius 1 is 1.35 bits per heavy atom.